The number of hydrogen-bond acceptors (Lipinski definition) is 3. The molecule has 140 valence electrons. The molecule has 4 nitrogen and oxygen atoms in total. The molecule has 7 heteroatoms. The minimum absolute atomic E-state index is 0.0872. The highest BCUT2D eigenvalue weighted by Crippen LogP contribution is 2.33. The number of carbonyl (C=O) groups is 1. The molecule has 27 heavy (non-hydrogen) atoms. The van der Waals surface area contributed by atoms with Gasteiger partial charge in [-0.25, -0.2) is 4.98 Å². The minimum atomic E-state index is -4.42. The van der Waals surface area contributed by atoms with Crippen molar-refractivity contribution < 1.29 is 22.4 Å². The molecule has 0 aliphatic heterocycles. The first-order valence-electron chi connectivity index (χ1n) is 8.42. The van der Waals surface area contributed by atoms with Gasteiger partial charge in [0.2, 0.25) is 5.89 Å². The van der Waals surface area contributed by atoms with Crippen LogP contribution in [0.25, 0.3) is 22.8 Å². The monoisotopic (exact) mass is 374 g/mol. The molecule has 0 saturated carbocycles. The standard InChI is InChI=1S/C20H17F3N2O2/c1-2-12-24-18(26)16-17(13-6-4-3-5-7-13)27-19(25-16)14-8-10-15(11-9-14)20(21,22)23/h3-11H,2,12H2,1H3,(H,24,26). The zero-order valence-electron chi connectivity index (χ0n) is 14.5. The number of benzene rings is 2. The largest absolute Gasteiger partial charge is 0.435 e. The van der Waals surface area contributed by atoms with Crippen LogP contribution in [0.5, 0.6) is 0 Å². The molecule has 2 aromatic carbocycles. The lowest BCUT2D eigenvalue weighted by molar-refractivity contribution is -0.137. The molecule has 0 aliphatic carbocycles. The number of aromatic nitrogens is 1. The number of hydrogen-bond donors (Lipinski definition) is 1. The Morgan fingerprint density at radius 1 is 1.04 bits per heavy atom. The Morgan fingerprint density at radius 3 is 2.30 bits per heavy atom. The van der Waals surface area contributed by atoms with Crippen LogP contribution in [-0.2, 0) is 6.18 Å². The lowest BCUT2D eigenvalue weighted by Gasteiger charge is -2.06. The zero-order chi connectivity index (χ0) is 19.4. The van der Waals surface area contributed by atoms with E-state index in [0.717, 1.165) is 18.6 Å². The van der Waals surface area contributed by atoms with Crippen LogP contribution in [0, 0.1) is 0 Å². The molecule has 1 amide bonds. The fraction of sp³-hybridized carbons (Fsp3) is 0.200. The van der Waals surface area contributed by atoms with E-state index in [2.05, 4.69) is 10.3 Å². The lowest BCUT2D eigenvalue weighted by atomic mass is 10.1. The summed E-state index contributed by atoms with van der Waals surface area (Å²) >= 11 is 0. The first-order valence-corrected chi connectivity index (χ1v) is 8.42. The van der Waals surface area contributed by atoms with Crippen LogP contribution in [0.15, 0.2) is 59.0 Å². The normalized spacial score (nSPS) is 11.4. The van der Waals surface area contributed by atoms with Gasteiger partial charge in [0.05, 0.1) is 5.56 Å². The minimum Gasteiger partial charge on any atom is -0.435 e. The molecule has 1 heterocycles. The molecular formula is C20H17F3N2O2. The number of halogens is 3. The van der Waals surface area contributed by atoms with Crippen LogP contribution < -0.4 is 5.32 Å². The molecule has 0 saturated heterocycles. The van der Waals surface area contributed by atoms with Gasteiger partial charge >= 0.3 is 6.18 Å². The number of amides is 1. The van der Waals surface area contributed by atoms with Crippen molar-refractivity contribution in [2.75, 3.05) is 6.54 Å². The van der Waals surface area contributed by atoms with Gasteiger partial charge in [-0.3, -0.25) is 4.79 Å². The average molecular weight is 374 g/mol. The van der Waals surface area contributed by atoms with E-state index < -0.39 is 17.6 Å². The first-order chi connectivity index (χ1) is 12.9. The Kier molecular flexibility index (Phi) is 5.30. The van der Waals surface area contributed by atoms with E-state index in [1.165, 1.54) is 12.1 Å². The number of alkyl halides is 3. The van der Waals surface area contributed by atoms with Crippen LogP contribution in [-0.4, -0.2) is 17.4 Å². The third-order valence-electron chi connectivity index (χ3n) is 3.87. The summed E-state index contributed by atoms with van der Waals surface area (Å²) in [6.45, 7) is 2.41. The van der Waals surface area contributed by atoms with Crippen LogP contribution in [0.4, 0.5) is 13.2 Å². The summed E-state index contributed by atoms with van der Waals surface area (Å²) in [5.74, 6) is -0.0269. The molecule has 3 rings (SSSR count). The third kappa shape index (κ3) is 4.19. The lowest BCUT2D eigenvalue weighted by Crippen LogP contribution is -2.24. The number of nitrogens with one attached hydrogen (secondary N) is 1. The molecule has 0 bridgehead atoms. The molecule has 0 fully saturated rings. The fourth-order valence-electron chi connectivity index (χ4n) is 2.51. The molecule has 3 aromatic rings. The van der Waals surface area contributed by atoms with Crippen molar-refractivity contribution in [2.45, 2.75) is 19.5 Å². The van der Waals surface area contributed by atoms with E-state index in [1.807, 2.05) is 13.0 Å². The fourth-order valence-corrected chi connectivity index (χ4v) is 2.51. The van der Waals surface area contributed by atoms with Crippen LogP contribution >= 0.6 is 0 Å². The highest BCUT2D eigenvalue weighted by atomic mass is 19.4. The van der Waals surface area contributed by atoms with Gasteiger partial charge in [0, 0.05) is 17.7 Å². The maximum Gasteiger partial charge on any atom is 0.416 e. The van der Waals surface area contributed by atoms with E-state index in [0.29, 0.717) is 17.7 Å². The quantitative estimate of drug-likeness (QED) is 0.671. The van der Waals surface area contributed by atoms with Gasteiger partial charge < -0.3 is 9.73 Å². The molecule has 1 N–H and O–H groups in total. The SMILES string of the molecule is CCCNC(=O)c1nc(-c2ccc(C(F)(F)F)cc2)oc1-c1ccccc1. The molecule has 0 spiro atoms. The van der Waals surface area contributed by atoms with Crippen LogP contribution in [0.1, 0.15) is 29.4 Å². The second kappa shape index (κ2) is 7.65. The molecule has 0 aliphatic rings. The molecular weight excluding hydrogens is 357 g/mol. The molecule has 0 radical (unpaired) electrons. The maximum absolute atomic E-state index is 12.7. The van der Waals surface area contributed by atoms with Gasteiger partial charge in [0.15, 0.2) is 11.5 Å². The van der Waals surface area contributed by atoms with Gasteiger partial charge in [0.25, 0.3) is 5.91 Å². The van der Waals surface area contributed by atoms with Gasteiger partial charge in [-0.2, -0.15) is 13.2 Å². The topological polar surface area (TPSA) is 55.1 Å². The predicted molar refractivity (Wildman–Crippen MR) is 95.0 cm³/mol. The molecule has 1 aromatic heterocycles. The van der Waals surface area contributed by atoms with E-state index in [4.69, 9.17) is 4.42 Å². The summed E-state index contributed by atoms with van der Waals surface area (Å²) in [6.07, 6.45) is -3.66. The molecule has 0 atom stereocenters. The van der Waals surface area contributed by atoms with Gasteiger partial charge in [-0.15, -0.1) is 0 Å². The second-order valence-electron chi connectivity index (χ2n) is 5.89. The Balaban J connectivity index is 2.02. The average Bonchev–Trinajstić information content (AvgIpc) is 3.12. The van der Waals surface area contributed by atoms with Crippen LogP contribution in [0.2, 0.25) is 0 Å². The van der Waals surface area contributed by atoms with Crippen LogP contribution in [0.3, 0.4) is 0 Å². The highest BCUT2D eigenvalue weighted by Gasteiger charge is 2.30. The molecule has 0 unspecified atom stereocenters. The van der Waals surface area contributed by atoms with Crippen molar-refractivity contribution >= 4 is 5.91 Å². The Labute approximate surface area is 154 Å². The summed E-state index contributed by atoms with van der Waals surface area (Å²) < 4.78 is 44.0. The summed E-state index contributed by atoms with van der Waals surface area (Å²) in [7, 11) is 0. The summed E-state index contributed by atoms with van der Waals surface area (Å²) in [5, 5.41) is 2.74. The Hall–Kier alpha value is -3.09. The zero-order valence-corrected chi connectivity index (χ0v) is 14.5. The van der Waals surface area contributed by atoms with E-state index in [9.17, 15) is 18.0 Å². The van der Waals surface area contributed by atoms with Crippen molar-refractivity contribution in [3.05, 3.63) is 65.9 Å². The number of oxazole rings is 1. The van der Waals surface area contributed by atoms with Crippen molar-refractivity contribution in [2.24, 2.45) is 0 Å². The summed E-state index contributed by atoms with van der Waals surface area (Å²) in [5.41, 5.74) is 0.353. The Bertz CT molecular complexity index is 917. The second-order valence-corrected chi connectivity index (χ2v) is 5.89. The maximum atomic E-state index is 12.7. The van der Waals surface area contributed by atoms with E-state index in [1.54, 1.807) is 24.3 Å². The number of rotatable bonds is 5. The number of nitrogens with zero attached hydrogens (tertiary/aromatic N) is 1. The van der Waals surface area contributed by atoms with Crippen molar-refractivity contribution in [1.29, 1.82) is 0 Å². The van der Waals surface area contributed by atoms with E-state index in [-0.39, 0.29) is 17.3 Å². The van der Waals surface area contributed by atoms with Crippen molar-refractivity contribution in [3.8, 4) is 22.8 Å². The predicted octanol–water partition coefficient (Wildman–Crippen LogP) is 5.17. The third-order valence-corrected chi connectivity index (χ3v) is 3.87. The smallest absolute Gasteiger partial charge is 0.416 e. The first kappa shape index (κ1) is 18.7. The van der Waals surface area contributed by atoms with Crippen molar-refractivity contribution in [3.63, 3.8) is 0 Å². The van der Waals surface area contributed by atoms with Gasteiger partial charge in [0.1, 0.15) is 0 Å². The van der Waals surface area contributed by atoms with Gasteiger partial charge in [-0.05, 0) is 30.7 Å². The van der Waals surface area contributed by atoms with E-state index >= 15 is 0 Å². The number of carbonyl (C=O) groups excluding carboxylic acids is 1. The van der Waals surface area contributed by atoms with Crippen molar-refractivity contribution in [1.82, 2.24) is 10.3 Å². The Morgan fingerprint density at radius 2 is 1.70 bits per heavy atom. The summed E-state index contributed by atoms with van der Waals surface area (Å²) in [4.78, 5) is 16.7. The van der Waals surface area contributed by atoms with Gasteiger partial charge in [-0.1, -0.05) is 37.3 Å². The highest BCUT2D eigenvalue weighted by molar-refractivity contribution is 5.98. The summed E-state index contributed by atoms with van der Waals surface area (Å²) in [6, 6.07) is 13.4.